The zero-order valence-corrected chi connectivity index (χ0v) is 12.4. The SMILES string of the molecule is O=C(O)c1cc(Cc2cc(Br)cc(Cl)c2O)ccc1O. The van der Waals surface area contributed by atoms with Crippen LogP contribution in [-0.4, -0.2) is 21.3 Å². The smallest absolute Gasteiger partial charge is 0.339 e. The lowest BCUT2D eigenvalue weighted by molar-refractivity contribution is 0.0693. The Hall–Kier alpha value is -1.72. The first-order chi connectivity index (χ1) is 9.38. The molecule has 0 unspecified atom stereocenters. The van der Waals surface area contributed by atoms with Crippen LogP contribution in [0.15, 0.2) is 34.8 Å². The molecule has 6 heteroatoms. The largest absolute Gasteiger partial charge is 0.507 e. The molecular formula is C14H10BrClO4. The summed E-state index contributed by atoms with van der Waals surface area (Å²) in [4.78, 5) is 11.0. The number of phenols is 2. The second-order valence-corrected chi connectivity index (χ2v) is 5.55. The standard InChI is InChI=1S/C14H10BrClO4/c15-9-5-8(13(18)11(16)6-9)3-7-1-2-12(17)10(4-7)14(19)20/h1-2,4-6,17-18H,3H2,(H,19,20). The van der Waals surface area contributed by atoms with Gasteiger partial charge in [-0.3, -0.25) is 0 Å². The van der Waals surface area contributed by atoms with Gasteiger partial charge in [-0.1, -0.05) is 33.6 Å². The molecule has 4 nitrogen and oxygen atoms in total. The molecule has 0 aliphatic heterocycles. The maximum Gasteiger partial charge on any atom is 0.339 e. The zero-order valence-electron chi connectivity index (χ0n) is 10.1. The summed E-state index contributed by atoms with van der Waals surface area (Å²) in [5.41, 5.74) is 1.03. The van der Waals surface area contributed by atoms with Crippen LogP contribution in [0.1, 0.15) is 21.5 Å². The lowest BCUT2D eigenvalue weighted by Crippen LogP contribution is -1.99. The summed E-state index contributed by atoms with van der Waals surface area (Å²) in [5.74, 6) is -1.54. The van der Waals surface area contributed by atoms with E-state index >= 15 is 0 Å². The molecule has 0 amide bonds. The van der Waals surface area contributed by atoms with E-state index in [0.717, 1.165) is 0 Å². The number of carboxylic acid groups (broad SMARTS) is 1. The second kappa shape index (κ2) is 5.73. The minimum absolute atomic E-state index is 0.0418. The van der Waals surface area contributed by atoms with Crippen LogP contribution >= 0.6 is 27.5 Å². The number of hydrogen-bond acceptors (Lipinski definition) is 3. The van der Waals surface area contributed by atoms with E-state index in [9.17, 15) is 15.0 Å². The number of aromatic hydroxyl groups is 2. The molecule has 0 aromatic heterocycles. The average Bonchev–Trinajstić information content (AvgIpc) is 2.37. The first kappa shape index (κ1) is 14.7. The molecule has 0 saturated heterocycles. The molecule has 0 spiro atoms. The summed E-state index contributed by atoms with van der Waals surface area (Å²) < 4.78 is 0.715. The van der Waals surface area contributed by atoms with Gasteiger partial charge < -0.3 is 15.3 Å². The Labute approximate surface area is 128 Å². The van der Waals surface area contributed by atoms with Gasteiger partial charge in [0.25, 0.3) is 0 Å². The number of hydrogen-bond donors (Lipinski definition) is 3. The zero-order chi connectivity index (χ0) is 14.9. The van der Waals surface area contributed by atoms with Gasteiger partial charge in [0.2, 0.25) is 0 Å². The van der Waals surface area contributed by atoms with Crippen molar-refractivity contribution in [2.45, 2.75) is 6.42 Å². The quantitative estimate of drug-likeness (QED) is 0.781. The number of rotatable bonds is 3. The highest BCUT2D eigenvalue weighted by Gasteiger charge is 2.13. The van der Waals surface area contributed by atoms with Gasteiger partial charge >= 0.3 is 5.97 Å². The molecule has 104 valence electrons. The highest BCUT2D eigenvalue weighted by Crippen LogP contribution is 2.33. The lowest BCUT2D eigenvalue weighted by atomic mass is 10.0. The summed E-state index contributed by atoms with van der Waals surface area (Å²) in [6.45, 7) is 0. The minimum Gasteiger partial charge on any atom is -0.507 e. The van der Waals surface area contributed by atoms with Crippen molar-refractivity contribution in [2.24, 2.45) is 0 Å². The number of carbonyl (C=O) groups is 1. The highest BCUT2D eigenvalue weighted by molar-refractivity contribution is 9.10. The Balaban J connectivity index is 2.40. The summed E-state index contributed by atoms with van der Waals surface area (Å²) in [7, 11) is 0. The number of benzene rings is 2. The molecule has 2 aromatic carbocycles. The van der Waals surface area contributed by atoms with Crippen molar-refractivity contribution in [2.75, 3.05) is 0 Å². The van der Waals surface area contributed by atoms with Crippen LogP contribution in [0.4, 0.5) is 0 Å². The van der Waals surface area contributed by atoms with E-state index in [2.05, 4.69) is 15.9 Å². The molecule has 2 rings (SSSR count). The Bertz CT molecular complexity index is 685. The third-order valence-electron chi connectivity index (χ3n) is 2.79. The Morgan fingerprint density at radius 3 is 2.55 bits per heavy atom. The van der Waals surface area contributed by atoms with Gasteiger partial charge in [0, 0.05) is 16.5 Å². The van der Waals surface area contributed by atoms with Crippen LogP contribution in [0.5, 0.6) is 11.5 Å². The topological polar surface area (TPSA) is 77.8 Å². The average molecular weight is 358 g/mol. The molecule has 0 fully saturated rings. The van der Waals surface area contributed by atoms with Crippen LogP contribution in [0.2, 0.25) is 5.02 Å². The monoisotopic (exact) mass is 356 g/mol. The summed E-state index contributed by atoms with van der Waals surface area (Å²) in [6.07, 6.45) is 0.297. The van der Waals surface area contributed by atoms with Crippen molar-refractivity contribution >= 4 is 33.5 Å². The lowest BCUT2D eigenvalue weighted by Gasteiger charge is -2.09. The maximum absolute atomic E-state index is 11.0. The van der Waals surface area contributed by atoms with Crippen molar-refractivity contribution in [1.29, 1.82) is 0 Å². The normalized spacial score (nSPS) is 10.5. The van der Waals surface area contributed by atoms with E-state index in [4.69, 9.17) is 16.7 Å². The molecule has 3 N–H and O–H groups in total. The third kappa shape index (κ3) is 3.05. The van der Waals surface area contributed by atoms with Gasteiger partial charge in [0.1, 0.15) is 17.1 Å². The molecule has 0 bridgehead atoms. The van der Waals surface area contributed by atoms with Crippen molar-refractivity contribution < 1.29 is 20.1 Å². The Morgan fingerprint density at radius 1 is 1.20 bits per heavy atom. The second-order valence-electron chi connectivity index (χ2n) is 4.23. The van der Waals surface area contributed by atoms with E-state index < -0.39 is 5.97 Å². The fraction of sp³-hybridized carbons (Fsp3) is 0.0714. The van der Waals surface area contributed by atoms with Crippen molar-refractivity contribution in [3.05, 3.63) is 56.5 Å². The fourth-order valence-electron chi connectivity index (χ4n) is 1.84. The van der Waals surface area contributed by atoms with Crippen LogP contribution in [0, 0.1) is 0 Å². The third-order valence-corrected chi connectivity index (χ3v) is 3.54. The van der Waals surface area contributed by atoms with E-state index in [1.165, 1.54) is 12.1 Å². The van der Waals surface area contributed by atoms with Gasteiger partial charge in [-0.15, -0.1) is 0 Å². The van der Waals surface area contributed by atoms with Crippen molar-refractivity contribution in [3.8, 4) is 11.5 Å². The van der Waals surface area contributed by atoms with Crippen molar-refractivity contribution in [3.63, 3.8) is 0 Å². The molecular weight excluding hydrogens is 348 g/mol. The summed E-state index contributed by atoms with van der Waals surface area (Å²) in [6, 6.07) is 7.55. The van der Waals surface area contributed by atoms with Gasteiger partial charge in [-0.25, -0.2) is 4.79 Å². The molecule has 20 heavy (non-hydrogen) atoms. The molecule has 2 aromatic rings. The van der Waals surface area contributed by atoms with Crippen LogP contribution in [0.25, 0.3) is 0 Å². The molecule has 0 saturated carbocycles. The van der Waals surface area contributed by atoms with Gasteiger partial charge in [-0.2, -0.15) is 0 Å². The Kier molecular flexibility index (Phi) is 4.20. The molecule has 0 radical (unpaired) electrons. The van der Waals surface area contributed by atoms with E-state index in [1.807, 2.05) is 0 Å². The first-order valence-corrected chi connectivity index (χ1v) is 6.77. The predicted octanol–water partition coefficient (Wildman–Crippen LogP) is 3.80. The molecule has 0 atom stereocenters. The van der Waals surface area contributed by atoms with Crippen molar-refractivity contribution in [1.82, 2.24) is 0 Å². The molecule has 0 aliphatic carbocycles. The number of phenolic OH excluding ortho intramolecular Hbond substituents is 1. The van der Waals surface area contributed by atoms with Gasteiger partial charge in [0.15, 0.2) is 0 Å². The van der Waals surface area contributed by atoms with E-state index in [1.54, 1.807) is 18.2 Å². The molecule has 0 heterocycles. The highest BCUT2D eigenvalue weighted by atomic mass is 79.9. The van der Waals surface area contributed by atoms with Crippen LogP contribution in [0.3, 0.4) is 0 Å². The van der Waals surface area contributed by atoms with Gasteiger partial charge in [-0.05, 0) is 29.8 Å². The summed E-state index contributed by atoms with van der Waals surface area (Å²) in [5, 5.41) is 28.5. The minimum atomic E-state index is -1.21. The fourth-order valence-corrected chi connectivity index (χ4v) is 2.71. The van der Waals surface area contributed by atoms with E-state index in [0.29, 0.717) is 22.0 Å². The van der Waals surface area contributed by atoms with Crippen LogP contribution in [-0.2, 0) is 6.42 Å². The summed E-state index contributed by atoms with van der Waals surface area (Å²) >= 11 is 9.16. The first-order valence-electron chi connectivity index (χ1n) is 5.60. The number of carboxylic acids is 1. The predicted molar refractivity (Wildman–Crippen MR) is 78.7 cm³/mol. The number of aromatic carboxylic acids is 1. The molecule has 0 aliphatic rings. The van der Waals surface area contributed by atoms with E-state index in [-0.39, 0.29) is 22.1 Å². The number of halogens is 2. The van der Waals surface area contributed by atoms with Gasteiger partial charge in [0.05, 0.1) is 5.02 Å². The van der Waals surface area contributed by atoms with Crippen LogP contribution < -0.4 is 0 Å². The Morgan fingerprint density at radius 2 is 1.90 bits per heavy atom. The maximum atomic E-state index is 11.0.